The molecule has 3 rings (SSSR count). The molecule has 112 valence electrons. The van der Waals surface area contributed by atoms with Gasteiger partial charge >= 0.3 is 5.97 Å². The zero-order valence-electron chi connectivity index (χ0n) is 12.1. The lowest BCUT2D eigenvalue weighted by atomic mass is 10.0. The molecule has 7 heteroatoms. The normalized spacial score (nSPS) is 10.8. The number of pyridine rings is 1. The van der Waals surface area contributed by atoms with Gasteiger partial charge in [-0.25, -0.2) is 9.31 Å². The van der Waals surface area contributed by atoms with Crippen LogP contribution in [0.2, 0.25) is 0 Å². The fraction of sp³-hybridized carbons (Fsp3) is 0.133. The average molecular weight is 298 g/mol. The summed E-state index contributed by atoms with van der Waals surface area (Å²) in [5, 5.41) is 13.2. The number of carboxylic acids is 1. The summed E-state index contributed by atoms with van der Waals surface area (Å²) >= 11 is 0. The van der Waals surface area contributed by atoms with Crippen LogP contribution in [0.3, 0.4) is 0 Å². The zero-order chi connectivity index (χ0) is 15.9. The van der Waals surface area contributed by atoms with Crippen LogP contribution in [0.15, 0.2) is 30.3 Å². The number of fused-ring (bicyclic) bond motifs is 1. The smallest absolute Gasteiger partial charge is 0.354 e. The number of hydrogen-bond acceptors (Lipinski definition) is 5. The van der Waals surface area contributed by atoms with Crippen LogP contribution in [-0.2, 0) is 0 Å². The van der Waals surface area contributed by atoms with Crippen LogP contribution in [0.4, 0.5) is 5.95 Å². The monoisotopic (exact) mass is 298 g/mol. The number of benzene rings is 1. The Morgan fingerprint density at radius 3 is 2.73 bits per heavy atom. The molecular formula is C15H14N4O3. The summed E-state index contributed by atoms with van der Waals surface area (Å²) in [5.74, 6) is -0.420. The highest BCUT2D eigenvalue weighted by atomic mass is 16.5. The van der Waals surface area contributed by atoms with Gasteiger partial charge in [0, 0.05) is 11.1 Å². The largest absolute Gasteiger partial charge is 0.496 e. The first-order valence-electron chi connectivity index (χ1n) is 6.55. The van der Waals surface area contributed by atoms with E-state index in [1.807, 2.05) is 25.1 Å². The zero-order valence-corrected chi connectivity index (χ0v) is 12.1. The lowest BCUT2D eigenvalue weighted by molar-refractivity contribution is 0.0687. The van der Waals surface area contributed by atoms with Gasteiger partial charge in [0.05, 0.1) is 7.11 Å². The van der Waals surface area contributed by atoms with Crippen LogP contribution in [0.5, 0.6) is 5.75 Å². The number of nitrogens with two attached hydrogens (primary N) is 1. The Kier molecular flexibility index (Phi) is 3.17. The molecule has 0 spiro atoms. The Morgan fingerprint density at radius 2 is 2.05 bits per heavy atom. The predicted molar refractivity (Wildman–Crippen MR) is 81.1 cm³/mol. The van der Waals surface area contributed by atoms with E-state index in [4.69, 9.17) is 10.5 Å². The van der Waals surface area contributed by atoms with E-state index in [0.717, 1.165) is 11.1 Å². The second-order valence-corrected chi connectivity index (χ2v) is 4.85. The molecule has 0 atom stereocenters. The minimum atomic E-state index is -1.10. The number of aryl methyl sites for hydroxylation is 1. The van der Waals surface area contributed by atoms with E-state index in [9.17, 15) is 9.90 Å². The third-order valence-electron chi connectivity index (χ3n) is 3.36. The first-order valence-corrected chi connectivity index (χ1v) is 6.55. The lowest BCUT2D eigenvalue weighted by Gasteiger charge is -2.11. The molecule has 0 amide bonds. The van der Waals surface area contributed by atoms with Crippen LogP contribution in [0, 0.1) is 6.92 Å². The van der Waals surface area contributed by atoms with Crippen molar-refractivity contribution in [3.63, 3.8) is 0 Å². The highest BCUT2D eigenvalue weighted by molar-refractivity contribution is 5.90. The summed E-state index contributed by atoms with van der Waals surface area (Å²) in [6.07, 6.45) is 0. The molecule has 22 heavy (non-hydrogen) atoms. The second kappa shape index (κ2) is 5.03. The summed E-state index contributed by atoms with van der Waals surface area (Å²) in [5.41, 5.74) is 8.56. The van der Waals surface area contributed by atoms with Crippen molar-refractivity contribution in [2.45, 2.75) is 6.92 Å². The Balaban J connectivity index is 2.36. The van der Waals surface area contributed by atoms with Gasteiger partial charge in [-0.15, -0.1) is 5.10 Å². The minimum absolute atomic E-state index is 0.00503. The first kappa shape index (κ1) is 13.9. The van der Waals surface area contributed by atoms with Crippen molar-refractivity contribution in [2.75, 3.05) is 12.8 Å². The number of methoxy groups -OCH3 is 1. The van der Waals surface area contributed by atoms with Crippen molar-refractivity contribution < 1.29 is 14.6 Å². The topological polar surface area (TPSA) is 103 Å². The number of carboxylic acid groups (broad SMARTS) is 1. The Hall–Kier alpha value is -3.09. The van der Waals surface area contributed by atoms with Gasteiger partial charge in [-0.1, -0.05) is 11.6 Å². The fourth-order valence-corrected chi connectivity index (χ4v) is 2.38. The van der Waals surface area contributed by atoms with Gasteiger partial charge in [-0.3, -0.25) is 0 Å². The fourth-order valence-electron chi connectivity index (χ4n) is 2.38. The van der Waals surface area contributed by atoms with Gasteiger partial charge in [0.15, 0.2) is 11.3 Å². The highest BCUT2D eigenvalue weighted by Crippen LogP contribution is 2.33. The van der Waals surface area contributed by atoms with E-state index < -0.39 is 5.97 Å². The summed E-state index contributed by atoms with van der Waals surface area (Å²) in [6.45, 7) is 1.96. The number of rotatable bonds is 3. The molecule has 0 saturated heterocycles. The summed E-state index contributed by atoms with van der Waals surface area (Å²) in [6, 6.07) is 8.89. The number of hydrogen-bond donors (Lipinski definition) is 2. The summed E-state index contributed by atoms with van der Waals surface area (Å²) in [7, 11) is 1.58. The van der Waals surface area contributed by atoms with Gasteiger partial charge in [0.25, 0.3) is 0 Å². The number of aromatic carboxylic acids is 1. The molecule has 2 heterocycles. The maximum atomic E-state index is 11.3. The SMILES string of the molecule is COc1ccc(C)cc1-c1ccc(C(=O)O)n2nc(N)nc12. The molecule has 0 fully saturated rings. The molecule has 7 nitrogen and oxygen atoms in total. The van der Waals surface area contributed by atoms with Gasteiger partial charge in [-0.2, -0.15) is 4.98 Å². The van der Waals surface area contributed by atoms with Crippen molar-refractivity contribution in [2.24, 2.45) is 0 Å². The lowest BCUT2D eigenvalue weighted by Crippen LogP contribution is -2.07. The van der Waals surface area contributed by atoms with Gasteiger partial charge < -0.3 is 15.6 Å². The number of nitrogens with zero attached hydrogens (tertiary/aromatic N) is 3. The van der Waals surface area contributed by atoms with Crippen LogP contribution in [0.1, 0.15) is 16.1 Å². The van der Waals surface area contributed by atoms with Gasteiger partial charge in [-0.05, 0) is 31.2 Å². The van der Waals surface area contributed by atoms with Crippen LogP contribution in [-0.4, -0.2) is 32.8 Å². The molecule has 3 aromatic rings. The average Bonchev–Trinajstić information content (AvgIpc) is 2.87. The number of ether oxygens (including phenoxy) is 1. The van der Waals surface area contributed by atoms with E-state index in [1.54, 1.807) is 13.2 Å². The van der Waals surface area contributed by atoms with Gasteiger partial charge in [0.1, 0.15) is 5.75 Å². The van der Waals surface area contributed by atoms with Crippen molar-refractivity contribution in [3.05, 3.63) is 41.6 Å². The molecule has 2 aromatic heterocycles. The van der Waals surface area contributed by atoms with Crippen LogP contribution >= 0.6 is 0 Å². The maximum absolute atomic E-state index is 11.3. The second-order valence-electron chi connectivity index (χ2n) is 4.85. The molecule has 0 unspecified atom stereocenters. The van der Waals surface area contributed by atoms with E-state index in [1.165, 1.54) is 10.6 Å². The molecule has 0 bridgehead atoms. The molecule has 0 aliphatic carbocycles. The number of aromatic nitrogens is 3. The molecule has 1 aromatic carbocycles. The highest BCUT2D eigenvalue weighted by Gasteiger charge is 2.18. The molecule has 3 N–H and O–H groups in total. The Labute approximate surface area is 126 Å². The van der Waals surface area contributed by atoms with Crippen LogP contribution in [0.25, 0.3) is 16.8 Å². The maximum Gasteiger partial charge on any atom is 0.354 e. The molecule has 0 aliphatic rings. The standard InChI is InChI=1S/C15H14N4O3/c1-8-3-6-12(22-2)10(7-8)9-4-5-11(14(20)21)19-13(9)17-15(16)18-19/h3-7H,1-2H3,(H2,16,18)(H,20,21). The van der Waals surface area contributed by atoms with E-state index >= 15 is 0 Å². The van der Waals surface area contributed by atoms with Crippen LogP contribution < -0.4 is 10.5 Å². The Bertz CT molecular complexity index is 886. The number of anilines is 1. The minimum Gasteiger partial charge on any atom is -0.496 e. The summed E-state index contributed by atoms with van der Waals surface area (Å²) in [4.78, 5) is 15.4. The van der Waals surface area contributed by atoms with Crippen molar-refractivity contribution in [3.8, 4) is 16.9 Å². The first-order chi connectivity index (χ1) is 10.5. The summed E-state index contributed by atoms with van der Waals surface area (Å²) < 4.78 is 6.61. The van der Waals surface area contributed by atoms with Crippen molar-refractivity contribution in [1.82, 2.24) is 14.6 Å². The third kappa shape index (κ3) is 2.12. The third-order valence-corrected chi connectivity index (χ3v) is 3.36. The van der Waals surface area contributed by atoms with Crippen molar-refractivity contribution >= 4 is 17.6 Å². The van der Waals surface area contributed by atoms with E-state index in [-0.39, 0.29) is 11.6 Å². The van der Waals surface area contributed by atoms with E-state index in [0.29, 0.717) is 17.0 Å². The van der Waals surface area contributed by atoms with Gasteiger partial charge in [0.2, 0.25) is 5.95 Å². The predicted octanol–water partition coefficient (Wildman–Crippen LogP) is 1.99. The number of nitrogen functional groups attached to an aromatic ring is 1. The molecule has 0 radical (unpaired) electrons. The van der Waals surface area contributed by atoms with Crippen molar-refractivity contribution in [1.29, 1.82) is 0 Å². The van der Waals surface area contributed by atoms with E-state index in [2.05, 4.69) is 10.1 Å². The quantitative estimate of drug-likeness (QED) is 0.766. The molecule has 0 aliphatic heterocycles. The number of carbonyl (C=O) groups is 1. The molecular weight excluding hydrogens is 284 g/mol. The Morgan fingerprint density at radius 1 is 1.27 bits per heavy atom. The molecule has 0 saturated carbocycles.